The fourth-order valence-corrected chi connectivity index (χ4v) is 1.94. The van der Waals surface area contributed by atoms with Crippen molar-refractivity contribution in [2.45, 2.75) is 13.0 Å². The molecule has 0 saturated carbocycles. The van der Waals surface area contributed by atoms with Crippen molar-refractivity contribution in [2.24, 2.45) is 0 Å². The number of nitro groups is 1. The van der Waals surface area contributed by atoms with Crippen LogP contribution in [0.3, 0.4) is 0 Å². The number of benzene rings is 1. The van der Waals surface area contributed by atoms with Gasteiger partial charge in [-0.1, -0.05) is 0 Å². The fraction of sp³-hybridized carbons (Fsp3) is 0.462. The van der Waals surface area contributed by atoms with Crippen LogP contribution in [0.4, 0.5) is 11.4 Å². The first-order valence-electron chi connectivity index (χ1n) is 6.27. The van der Waals surface area contributed by atoms with Gasteiger partial charge in [0.2, 0.25) is 0 Å². The van der Waals surface area contributed by atoms with Crippen molar-refractivity contribution in [2.75, 3.05) is 33.0 Å². The Balaban J connectivity index is 2.86. The number of nitro benzene ring substituents is 1. The Morgan fingerprint density at radius 1 is 1.45 bits per heavy atom. The lowest BCUT2D eigenvalue weighted by atomic mass is 10.1. The Kier molecular flexibility index (Phi) is 5.45. The molecule has 0 fully saturated rings. The van der Waals surface area contributed by atoms with Gasteiger partial charge in [-0.05, 0) is 33.2 Å². The van der Waals surface area contributed by atoms with Gasteiger partial charge in [0.25, 0.3) is 11.6 Å². The van der Waals surface area contributed by atoms with Crippen LogP contribution in [-0.4, -0.2) is 49.5 Å². The third-order valence-electron chi connectivity index (χ3n) is 2.74. The first-order chi connectivity index (χ1) is 9.35. The Morgan fingerprint density at radius 3 is 2.60 bits per heavy atom. The summed E-state index contributed by atoms with van der Waals surface area (Å²) in [5, 5.41) is 16.4. The Bertz CT molecular complexity index is 502. The summed E-state index contributed by atoms with van der Waals surface area (Å²) in [5.41, 5.74) is 0.666. The van der Waals surface area contributed by atoms with E-state index in [0.29, 0.717) is 11.3 Å². The minimum atomic E-state index is -0.484. The highest BCUT2D eigenvalue weighted by molar-refractivity contribution is 5.96. The minimum Gasteiger partial charge on any atom is -0.383 e. The topological polar surface area (TPSA) is 87.5 Å². The lowest BCUT2D eigenvalue weighted by Gasteiger charge is -2.18. The van der Waals surface area contributed by atoms with Gasteiger partial charge in [-0.2, -0.15) is 0 Å². The van der Waals surface area contributed by atoms with Crippen molar-refractivity contribution in [1.29, 1.82) is 0 Å². The minimum absolute atomic E-state index is 0.00859. The zero-order valence-electron chi connectivity index (χ0n) is 12.1. The average Bonchev–Trinajstić information content (AvgIpc) is 2.36. The zero-order chi connectivity index (χ0) is 15.3. The van der Waals surface area contributed by atoms with Crippen LogP contribution in [0.25, 0.3) is 0 Å². The third kappa shape index (κ3) is 4.20. The van der Waals surface area contributed by atoms with E-state index in [1.54, 1.807) is 7.05 Å². The molecule has 0 aromatic heterocycles. The number of nitrogens with one attached hydrogen (secondary N) is 2. The maximum atomic E-state index is 12.1. The number of hydrogen-bond donors (Lipinski definition) is 2. The van der Waals surface area contributed by atoms with Gasteiger partial charge in [-0.15, -0.1) is 0 Å². The predicted molar refractivity (Wildman–Crippen MR) is 78.1 cm³/mol. The van der Waals surface area contributed by atoms with E-state index in [4.69, 9.17) is 0 Å². The SMILES string of the molecule is CNc1cc(C(=O)NC(C)CN(C)C)ccc1[N+](=O)[O-]. The van der Waals surface area contributed by atoms with Crippen LogP contribution >= 0.6 is 0 Å². The molecule has 1 rings (SSSR count). The van der Waals surface area contributed by atoms with Crippen LogP contribution < -0.4 is 10.6 Å². The maximum absolute atomic E-state index is 12.1. The quantitative estimate of drug-likeness (QED) is 0.606. The number of hydrogen-bond acceptors (Lipinski definition) is 5. The average molecular weight is 280 g/mol. The molecule has 1 aromatic carbocycles. The molecular formula is C13H20N4O3. The van der Waals surface area contributed by atoms with E-state index in [9.17, 15) is 14.9 Å². The van der Waals surface area contributed by atoms with E-state index in [-0.39, 0.29) is 17.6 Å². The van der Waals surface area contributed by atoms with Gasteiger partial charge in [-0.3, -0.25) is 14.9 Å². The maximum Gasteiger partial charge on any atom is 0.292 e. The van der Waals surface area contributed by atoms with E-state index in [1.807, 2.05) is 25.9 Å². The second-order valence-corrected chi connectivity index (χ2v) is 4.88. The third-order valence-corrected chi connectivity index (χ3v) is 2.74. The normalized spacial score (nSPS) is 12.1. The molecule has 0 heterocycles. The number of nitrogens with zero attached hydrogens (tertiary/aromatic N) is 2. The molecule has 1 amide bonds. The molecule has 0 bridgehead atoms. The fourth-order valence-electron chi connectivity index (χ4n) is 1.94. The summed E-state index contributed by atoms with van der Waals surface area (Å²) >= 11 is 0. The Labute approximate surface area is 118 Å². The molecule has 0 radical (unpaired) electrons. The first-order valence-corrected chi connectivity index (χ1v) is 6.27. The highest BCUT2D eigenvalue weighted by Gasteiger charge is 2.17. The van der Waals surface area contributed by atoms with Crippen molar-refractivity contribution in [3.63, 3.8) is 0 Å². The number of likely N-dealkylation sites (N-methyl/N-ethyl adjacent to an activating group) is 1. The number of anilines is 1. The van der Waals surface area contributed by atoms with Gasteiger partial charge < -0.3 is 15.5 Å². The number of amides is 1. The number of rotatable bonds is 6. The van der Waals surface area contributed by atoms with Gasteiger partial charge >= 0.3 is 0 Å². The monoisotopic (exact) mass is 280 g/mol. The Morgan fingerprint density at radius 2 is 2.10 bits per heavy atom. The molecule has 20 heavy (non-hydrogen) atoms. The van der Waals surface area contributed by atoms with Crippen molar-refractivity contribution in [3.05, 3.63) is 33.9 Å². The zero-order valence-corrected chi connectivity index (χ0v) is 12.1. The summed E-state index contributed by atoms with van der Waals surface area (Å²) < 4.78 is 0. The summed E-state index contributed by atoms with van der Waals surface area (Å²) in [6.07, 6.45) is 0. The van der Waals surface area contributed by atoms with Crippen molar-refractivity contribution >= 4 is 17.3 Å². The first kappa shape index (κ1) is 15.9. The van der Waals surface area contributed by atoms with E-state index < -0.39 is 4.92 Å². The molecule has 1 atom stereocenters. The highest BCUT2D eigenvalue weighted by Crippen LogP contribution is 2.24. The van der Waals surface area contributed by atoms with Gasteiger partial charge in [0.1, 0.15) is 5.69 Å². The van der Waals surface area contributed by atoms with E-state index in [2.05, 4.69) is 10.6 Å². The summed E-state index contributed by atoms with van der Waals surface area (Å²) in [7, 11) is 5.43. The van der Waals surface area contributed by atoms with Gasteiger partial charge in [-0.25, -0.2) is 0 Å². The van der Waals surface area contributed by atoms with Crippen LogP contribution in [-0.2, 0) is 0 Å². The molecule has 0 saturated heterocycles. The van der Waals surface area contributed by atoms with Crippen LogP contribution in [0.2, 0.25) is 0 Å². The smallest absolute Gasteiger partial charge is 0.292 e. The molecule has 0 aliphatic rings. The molecule has 7 nitrogen and oxygen atoms in total. The standard InChI is InChI=1S/C13H20N4O3/c1-9(8-16(3)4)15-13(18)10-5-6-12(17(19)20)11(7-10)14-2/h5-7,9,14H,8H2,1-4H3,(H,15,18). The summed E-state index contributed by atoms with van der Waals surface area (Å²) in [4.78, 5) is 24.4. The van der Waals surface area contributed by atoms with Crippen LogP contribution in [0, 0.1) is 10.1 Å². The lowest BCUT2D eigenvalue weighted by Crippen LogP contribution is -2.39. The summed E-state index contributed by atoms with van der Waals surface area (Å²) in [6.45, 7) is 2.62. The van der Waals surface area contributed by atoms with Crippen LogP contribution in [0.5, 0.6) is 0 Å². The Hall–Kier alpha value is -2.15. The second kappa shape index (κ2) is 6.85. The molecule has 2 N–H and O–H groups in total. The van der Waals surface area contributed by atoms with Crippen molar-refractivity contribution < 1.29 is 9.72 Å². The van der Waals surface area contributed by atoms with Crippen molar-refractivity contribution in [3.8, 4) is 0 Å². The lowest BCUT2D eigenvalue weighted by molar-refractivity contribution is -0.383. The van der Waals surface area contributed by atoms with E-state index in [1.165, 1.54) is 18.2 Å². The predicted octanol–water partition coefficient (Wildman–Crippen LogP) is 1.32. The van der Waals surface area contributed by atoms with Gasteiger partial charge in [0, 0.05) is 31.3 Å². The molecule has 7 heteroatoms. The highest BCUT2D eigenvalue weighted by atomic mass is 16.6. The summed E-state index contributed by atoms with van der Waals surface area (Å²) in [6, 6.07) is 4.26. The second-order valence-electron chi connectivity index (χ2n) is 4.88. The molecule has 110 valence electrons. The van der Waals surface area contributed by atoms with Crippen molar-refractivity contribution in [1.82, 2.24) is 10.2 Å². The molecule has 1 unspecified atom stereocenters. The van der Waals surface area contributed by atoms with E-state index in [0.717, 1.165) is 6.54 Å². The largest absolute Gasteiger partial charge is 0.383 e. The molecule has 0 spiro atoms. The van der Waals surface area contributed by atoms with Crippen LogP contribution in [0.1, 0.15) is 17.3 Å². The number of carbonyl (C=O) groups is 1. The molecule has 1 aromatic rings. The van der Waals surface area contributed by atoms with Crippen LogP contribution in [0.15, 0.2) is 18.2 Å². The molecular weight excluding hydrogens is 260 g/mol. The number of carbonyl (C=O) groups excluding carboxylic acids is 1. The molecule has 0 aliphatic carbocycles. The van der Waals surface area contributed by atoms with Gasteiger partial charge in [0.05, 0.1) is 4.92 Å². The van der Waals surface area contributed by atoms with E-state index >= 15 is 0 Å². The van der Waals surface area contributed by atoms with Gasteiger partial charge in [0.15, 0.2) is 0 Å². The summed E-state index contributed by atoms with van der Waals surface area (Å²) in [5.74, 6) is -0.245. The molecule has 0 aliphatic heterocycles.